The van der Waals surface area contributed by atoms with Crippen LogP contribution in [0.3, 0.4) is 0 Å². The fourth-order valence-electron chi connectivity index (χ4n) is 6.06. The summed E-state index contributed by atoms with van der Waals surface area (Å²) in [7, 11) is 3.24. The van der Waals surface area contributed by atoms with Gasteiger partial charge in [0.2, 0.25) is 0 Å². The van der Waals surface area contributed by atoms with Crippen LogP contribution >= 0.6 is 11.6 Å². The number of esters is 1. The summed E-state index contributed by atoms with van der Waals surface area (Å²) in [5, 5.41) is 3.38. The molecule has 0 radical (unpaired) electrons. The Bertz CT molecular complexity index is 1230. The van der Waals surface area contributed by atoms with Gasteiger partial charge in [-0.15, -0.1) is 0 Å². The summed E-state index contributed by atoms with van der Waals surface area (Å²) in [6.45, 7) is 6.25. The summed E-state index contributed by atoms with van der Waals surface area (Å²) < 4.78 is 31.5. The predicted octanol–water partition coefficient (Wildman–Crippen LogP) is 6.64. The maximum atomic E-state index is 14.9. The molecule has 41 heavy (non-hydrogen) atoms. The molecule has 1 saturated carbocycles. The van der Waals surface area contributed by atoms with Crippen LogP contribution in [0.4, 0.5) is 9.18 Å². The Hall–Kier alpha value is -2.84. The Morgan fingerprint density at radius 3 is 2.46 bits per heavy atom. The number of benzene rings is 2. The lowest BCUT2D eigenvalue weighted by Gasteiger charge is -2.30. The standard InChI is InChI=1S/C32H42ClFN2O5/c1-32(2,3)41-31(38)36-19-25(17-28(36)30(37)39-5)40-24-15-23(29(33)27(34)16-24)14-20-10-12-21(13-11-20)26-9-7-6-8-22(26)18-35-4/h6-9,15-16,20-21,25,28,35H,10-14,17-19H2,1-5H3/t20?,21?,25-,28-/m0/s1. The zero-order valence-corrected chi connectivity index (χ0v) is 25.4. The first-order valence-electron chi connectivity index (χ1n) is 14.4. The molecule has 1 aliphatic heterocycles. The van der Waals surface area contributed by atoms with Gasteiger partial charge >= 0.3 is 12.1 Å². The van der Waals surface area contributed by atoms with Gasteiger partial charge in [0.1, 0.15) is 29.3 Å². The third-order valence-corrected chi connectivity index (χ3v) is 8.38. The molecule has 2 fully saturated rings. The van der Waals surface area contributed by atoms with Crippen molar-refractivity contribution in [3.8, 4) is 5.75 Å². The number of hydrogen-bond donors (Lipinski definition) is 1. The fraction of sp³-hybridized carbons (Fsp3) is 0.562. The molecule has 0 unspecified atom stereocenters. The van der Waals surface area contributed by atoms with E-state index in [0.29, 0.717) is 29.6 Å². The van der Waals surface area contributed by atoms with Crippen LogP contribution in [0.2, 0.25) is 5.02 Å². The van der Waals surface area contributed by atoms with Gasteiger partial charge < -0.3 is 19.5 Å². The van der Waals surface area contributed by atoms with Crippen molar-refractivity contribution in [2.75, 3.05) is 20.7 Å². The van der Waals surface area contributed by atoms with Crippen molar-refractivity contribution in [1.82, 2.24) is 10.2 Å². The van der Waals surface area contributed by atoms with E-state index in [-0.39, 0.29) is 18.0 Å². The van der Waals surface area contributed by atoms with Gasteiger partial charge in [0.15, 0.2) is 0 Å². The summed E-state index contributed by atoms with van der Waals surface area (Å²) in [6.07, 6.45) is 3.96. The highest BCUT2D eigenvalue weighted by Gasteiger charge is 2.43. The molecule has 0 bridgehead atoms. The van der Waals surface area contributed by atoms with Gasteiger partial charge in [0.05, 0.1) is 18.7 Å². The van der Waals surface area contributed by atoms with Gasteiger partial charge in [-0.05, 0) is 94.5 Å². The van der Waals surface area contributed by atoms with E-state index in [1.54, 1.807) is 26.8 Å². The molecular weight excluding hydrogens is 547 g/mol. The van der Waals surface area contributed by atoms with Gasteiger partial charge in [-0.2, -0.15) is 0 Å². The lowest BCUT2D eigenvalue weighted by atomic mass is 9.75. The second kappa shape index (κ2) is 13.4. The van der Waals surface area contributed by atoms with E-state index >= 15 is 0 Å². The number of amides is 1. The topological polar surface area (TPSA) is 77.1 Å². The molecule has 2 aromatic rings. The molecule has 1 amide bonds. The summed E-state index contributed by atoms with van der Waals surface area (Å²) in [5.41, 5.74) is 2.76. The molecule has 4 rings (SSSR count). The molecule has 0 spiro atoms. The van der Waals surface area contributed by atoms with E-state index in [0.717, 1.165) is 32.2 Å². The molecule has 2 aromatic carbocycles. The number of methoxy groups -OCH3 is 1. The minimum atomic E-state index is -0.843. The number of likely N-dealkylation sites (tertiary alicyclic amines) is 1. The van der Waals surface area contributed by atoms with Crippen molar-refractivity contribution >= 4 is 23.7 Å². The zero-order valence-electron chi connectivity index (χ0n) is 24.7. The minimum absolute atomic E-state index is 0.118. The number of nitrogens with zero attached hydrogens (tertiary/aromatic N) is 1. The van der Waals surface area contributed by atoms with Crippen LogP contribution < -0.4 is 10.1 Å². The number of carbonyl (C=O) groups is 2. The average Bonchev–Trinajstić information content (AvgIpc) is 3.35. The second-order valence-corrected chi connectivity index (χ2v) is 12.6. The molecule has 7 nitrogen and oxygen atoms in total. The van der Waals surface area contributed by atoms with E-state index in [1.165, 1.54) is 29.2 Å². The molecule has 2 atom stereocenters. The van der Waals surface area contributed by atoms with Crippen LogP contribution in [0.15, 0.2) is 36.4 Å². The van der Waals surface area contributed by atoms with E-state index in [2.05, 4.69) is 29.6 Å². The van der Waals surface area contributed by atoms with Crippen molar-refractivity contribution in [1.29, 1.82) is 0 Å². The number of nitrogens with one attached hydrogen (secondary N) is 1. The molecule has 1 saturated heterocycles. The Morgan fingerprint density at radius 1 is 1.10 bits per heavy atom. The highest BCUT2D eigenvalue weighted by atomic mass is 35.5. The Kier molecular flexibility index (Phi) is 10.2. The smallest absolute Gasteiger partial charge is 0.411 e. The van der Waals surface area contributed by atoms with Gasteiger partial charge in [0.25, 0.3) is 0 Å². The van der Waals surface area contributed by atoms with Crippen molar-refractivity contribution < 1.29 is 28.2 Å². The van der Waals surface area contributed by atoms with Crippen molar-refractivity contribution in [3.05, 3.63) is 63.9 Å². The van der Waals surface area contributed by atoms with E-state index < -0.39 is 35.6 Å². The Morgan fingerprint density at radius 2 is 1.80 bits per heavy atom. The minimum Gasteiger partial charge on any atom is -0.488 e. The number of carbonyl (C=O) groups excluding carboxylic acids is 2. The first kappa shape index (κ1) is 31.1. The lowest BCUT2D eigenvalue weighted by Crippen LogP contribution is -2.44. The van der Waals surface area contributed by atoms with Crippen LogP contribution in [0.5, 0.6) is 5.75 Å². The molecule has 1 N–H and O–H groups in total. The van der Waals surface area contributed by atoms with E-state index in [9.17, 15) is 14.0 Å². The molecular formula is C32H42ClFN2O5. The molecule has 1 aliphatic carbocycles. The second-order valence-electron chi connectivity index (χ2n) is 12.2. The lowest BCUT2D eigenvalue weighted by molar-refractivity contribution is -0.145. The molecule has 9 heteroatoms. The summed E-state index contributed by atoms with van der Waals surface area (Å²) in [5.74, 6) is 0.161. The van der Waals surface area contributed by atoms with Crippen LogP contribution in [-0.2, 0) is 27.2 Å². The first-order chi connectivity index (χ1) is 19.5. The van der Waals surface area contributed by atoms with E-state index in [1.807, 2.05) is 7.05 Å². The molecule has 1 heterocycles. The summed E-state index contributed by atoms with van der Waals surface area (Å²) in [4.78, 5) is 26.5. The van der Waals surface area contributed by atoms with Crippen LogP contribution in [0.25, 0.3) is 0 Å². The predicted molar refractivity (Wildman–Crippen MR) is 157 cm³/mol. The average molecular weight is 589 g/mol. The van der Waals surface area contributed by atoms with Crippen LogP contribution in [-0.4, -0.2) is 55.4 Å². The number of halogens is 2. The molecule has 2 aliphatic rings. The van der Waals surface area contributed by atoms with Crippen molar-refractivity contribution in [3.63, 3.8) is 0 Å². The monoisotopic (exact) mass is 588 g/mol. The molecule has 224 valence electrons. The quantitative estimate of drug-likeness (QED) is 0.348. The number of ether oxygens (including phenoxy) is 3. The van der Waals surface area contributed by atoms with Gasteiger partial charge in [0, 0.05) is 19.0 Å². The Balaban J connectivity index is 1.42. The molecule has 0 aromatic heterocycles. The maximum Gasteiger partial charge on any atom is 0.411 e. The highest BCUT2D eigenvalue weighted by Crippen LogP contribution is 2.40. The third kappa shape index (κ3) is 7.92. The van der Waals surface area contributed by atoms with Crippen molar-refractivity contribution in [2.45, 2.75) is 89.5 Å². The van der Waals surface area contributed by atoms with Crippen LogP contribution in [0, 0.1) is 11.7 Å². The summed E-state index contributed by atoms with van der Waals surface area (Å²) >= 11 is 6.42. The largest absolute Gasteiger partial charge is 0.488 e. The fourth-order valence-corrected chi connectivity index (χ4v) is 6.25. The zero-order chi connectivity index (χ0) is 29.7. The van der Waals surface area contributed by atoms with Gasteiger partial charge in [-0.3, -0.25) is 4.90 Å². The third-order valence-electron chi connectivity index (χ3n) is 7.96. The van der Waals surface area contributed by atoms with Crippen LogP contribution in [0.1, 0.15) is 75.5 Å². The number of rotatable bonds is 8. The SMILES string of the molecule is CNCc1ccccc1C1CCC(Cc2cc(O[C@H]3C[C@@H](C(=O)OC)N(C(=O)OC(C)(C)C)C3)cc(F)c2Cl)CC1. The highest BCUT2D eigenvalue weighted by molar-refractivity contribution is 6.31. The van der Waals surface area contributed by atoms with Crippen molar-refractivity contribution in [2.24, 2.45) is 5.92 Å². The summed E-state index contributed by atoms with van der Waals surface area (Å²) in [6, 6.07) is 10.8. The van der Waals surface area contributed by atoms with E-state index in [4.69, 9.17) is 25.8 Å². The number of hydrogen-bond acceptors (Lipinski definition) is 6. The maximum absolute atomic E-state index is 14.9. The first-order valence-corrected chi connectivity index (χ1v) is 14.8. The normalized spacial score (nSPS) is 22.9. The Labute approximate surface area is 247 Å². The van der Waals surface area contributed by atoms with Gasteiger partial charge in [-0.1, -0.05) is 35.9 Å². The van der Waals surface area contributed by atoms with Gasteiger partial charge in [-0.25, -0.2) is 14.0 Å².